The zero-order valence-corrected chi connectivity index (χ0v) is 12.0. The van der Waals surface area contributed by atoms with Gasteiger partial charge in [-0.2, -0.15) is 0 Å². The lowest BCUT2D eigenvalue weighted by molar-refractivity contribution is -0.136. The maximum atomic E-state index is 12.1. The molecule has 1 aliphatic carbocycles. The van der Waals surface area contributed by atoms with Gasteiger partial charge in [0.25, 0.3) is 0 Å². The molecule has 0 aromatic rings. The minimum Gasteiger partial charge on any atom is -0.330 e. The van der Waals surface area contributed by atoms with Crippen molar-refractivity contribution in [2.75, 3.05) is 6.54 Å². The van der Waals surface area contributed by atoms with Crippen LogP contribution in [0.3, 0.4) is 0 Å². The average Bonchev–Trinajstić information content (AvgIpc) is 2.62. The number of fused-ring (bicyclic) bond motifs is 1. The van der Waals surface area contributed by atoms with E-state index in [-0.39, 0.29) is 11.8 Å². The van der Waals surface area contributed by atoms with Gasteiger partial charge in [-0.15, -0.1) is 0 Å². The maximum absolute atomic E-state index is 12.1. The van der Waals surface area contributed by atoms with Gasteiger partial charge in [0.1, 0.15) is 11.8 Å². The van der Waals surface area contributed by atoms with E-state index in [0.29, 0.717) is 13.0 Å². The van der Waals surface area contributed by atoms with E-state index in [2.05, 4.69) is 28.6 Å². The summed E-state index contributed by atoms with van der Waals surface area (Å²) in [5.74, 6) is 0.183. The molecule has 1 aliphatic heterocycles. The summed E-state index contributed by atoms with van der Waals surface area (Å²) in [6, 6.07) is 0. The molecule has 0 bridgehead atoms. The fraction of sp³-hybridized carbons (Fsp3) is 0.571. The summed E-state index contributed by atoms with van der Waals surface area (Å²) in [4.78, 5) is 25.4. The maximum Gasteiger partial charge on any atom is 0.224 e. The van der Waals surface area contributed by atoms with Crippen molar-refractivity contribution < 1.29 is 9.59 Å². The van der Waals surface area contributed by atoms with Crippen molar-refractivity contribution in [3.8, 4) is 0 Å². The van der Waals surface area contributed by atoms with Crippen molar-refractivity contribution in [3.63, 3.8) is 0 Å². The average molecular weight is 312 g/mol. The third kappa shape index (κ3) is 2.30. The van der Waals surface area contributed by atoms with Crippen molar-refractivity contribution in [2.45, 2.75) is 37.6 Å². The Morgan fingerprint density at radius 2 is 2.44 bits per heavy atom. The van der Waals surface area contributed by atoms with Crippen LogP contribution in [0.4, 0.5) is 0 Å². The molecule has 3 nitrogen and oxygen atoms in total. The first kappa shape index (κ1) is 13.5. The number of aldehydes is 1. The van der Waals surface area contributed by atoms with Crippen LogP contribution < -0.4 is 0 Å². The zero-order valence-electron chi connectivity index (χ0n) is 10.4. The van der Waals surface area contributed by atoms with E-state index in [1.165, 1.54) is 0 Å². The number of hydrogen-bond acceptors (Lipinski definition) is 2. The van der Waals surface area contributed by atoms with Gasteiger partial charge in [0, 0.05) is 18.9 Å². The Morgan fingerprint density at radius 3 is 3.11 bits per heavy atom. The van der Waals surface area contributed by atoms with Crippen LogP contribution in [0.15, 0.2) is 23.2 Å². The Kier molecular flexibility index (Phi) is 4.05. The summed E-state index contributed by atoms with van der Waals surface area (Å²) in [6.07, 6.45) is 8.92. The molecule has 1 heterocycles. The largest absolute Gasteiger partial charge is 0.330 e. The van der Waals surface area contributed by atoms with Crippen LogP contribution in [-0.2, 0) is 9.59 Å². The van der Waals surface area contributed by atoms with E-state index in [9.17, 15) is 9.59 Å². The molecular formula is C14H18BrNO2. The van der Waals surface area contributed by atoms with Crippen LogP contribution >= 0.6 is 15.9 Å². The second kappa shape index (κ2) is 5.39. The van der Waals surface area contributed by atoms with E-state index >= 15 is 0 Å². The highest BCUT2D eigenvalue weighted by Gasteiger charge is 2.51. The summed E-state index contributed by atoms with van der Waals surface area (Å²) in [5, 5.41) is 0. The summed E-state index contributed by atoms with van der Waals surface area (Å²) in [5.41, 5.74) is -0.570. The summed E-state index contributed by atoms with van der Waals surface area (Å²) in [7, 11) is 0. The van der Waals surface area contributed by atoms with E-state index in [1.54, 1.807) is 4.90 Å². The smallest absolute Gasteiger partial charge is 0.224 e. The number of likely N-dealkylation sites (tertiary alicyclic amines) is 1. The zero-order chi connectivity index (χ0) is 13.2. The van der Waals surface area contributed by atoms with Gasteiger partial charge in [-0.25, -0.2) is 0 Å². The quantitative estimate of drug-likeness (QED) is 0.578. The van der Waals surface area contributed by atoms with Gasteiger partial charge < -0.3 is 9.69 Å². The van der Waals surface area contributed by atoms with Gasteiger partial charge in [0.15, 0.2) is 0 Å². The molecule has 2 rings (SSSR count). The molecule has 1 saturated heterocycles. The highest BCUT2D eigenvalue weighted by molar-refractivity contribution is 9.11. The molecule has 0 radical (unpaired) electrons. The Hall–Kier alpha value is -0.900. The molecule has 1 amide bonds. The fourth-order valence-electron chi connectivity index (χ4n) is 3.01. The molecule has 98 valence electrons. The first-order valence-electron chi connectivity index (χ1n) is 6.37. The van der Waals surface area contributed by atoms with E-state index in [1.807, 2.05) is 6.08 Å². The van der Waals surface area contributed by atoms with Crippen LogP contribution in [-0.4, -0.2) is 29.2 Å². The molecule has 0 spiro atoms. The molecule has 0 unspecified atom stereocenters. The van der Waals surface area contributed by atoms with Gasteiger partial charge in [-0.3, -0.25) is 4.79 Å². The first-order chi connectivity index (χ1) is 8.60. The molecular weight excluding hydrogens is 294 g/mol. The van der Waals surface area contributed by atoms with Crippen LogP contribution in [0, 0.1) is 5.92 Å². The van der Waals surface area contributed by atoms with Gasteiger partial charge in [-0.1, -0.05) is 34.7 Å². The van der Waals surface area contributed by atoms with E-state index in [4.69, 9.17) is 0 Å². The molecule has 2 atom stereocenters. The van der Waals surface area contributed by atoms with Crippen molar-refractivity contribution >= 4 is 28.1 Å². The molecule has 2 aliphatic rings. The van der Waals surface area contributed by atoms with Gasteiger partial charge in [0.05, 0.1) is 0 Å². The van der Waals surface area contributed by atoms with E-state index in [0.717, 1.165) is 36.5 Å². The second-order valence-electron chi connectivity index (χ2n) is 5.05. The minimum atomic E-state index is -0.570. The minimum absolute atomic E-state index is 0.0726. The van der Waals surface area contributed by atoms with Crippen LogP contribution in [0.2, 0.25) is 0 Å². The number of carbonyl (C=O) groups is 2. The Bertz CT molecular complexity index is 405. The second-order valence-corrected chi connectivity index (χ2v) is 6.17. The van der Waals surface area contributed by atoms with Crippen molar-refractivity contribution in [1.29, 1.82) is 0 Å². The molecule has 0 saturated carbocycles. The highest BCUT2D eigenvalue weighted by atomic mass is 79.9. The van der Waals surface area contributed by atoms with Gasteiger partial charge >= 0.3 is 0 Å². The van der Waals surface area contributed by atoms with Crippen LogP contribution in [0.25, 0.3) is 0 Å². The van der Waals surface area contributed by atoms with Gasteiger partial charge in [0.2, 0.25) is 5.91 Å². The molecule has 0 aromatic carbocycles. The number of halogens is 1. The predicted molar refractivity (Wildman–Crippen MR) is 74.3 cm³/mol. The number of amides is 1. The van der Waals surface area contributed by atoms with Gasteiger partial charge in [-0.05, 0) is 30.2 Å². The molecule has 1 fully saturated rings. The predicted octanol–water partition coefficient (Wildman–Crippen LogP) is 2.81. The van der Waals surface area contributed by atoms with Crippen LogP contribution in [0.1, 0.15) is 32.1 Å². The topological polar surface area (TPSA) is 37.4 Å². The normalized spacial score (nSPS) is 30.4. The summed E-state index contributed by atoms with van der Waals surface area (Å²) < 4.78 is 0.939. The standard InChI is InChI=1S/C14H18BrNO2/c1-11(15)5-4-8-16-13(18)9-12-6-2-3-7-14(12,16)10-17/h2,6,10,12H,1,3-5,7-9H2/t12-,14+/m0/s1. The lowest BCUT2D eigenvalue weighted by atomic mass is 9.78. The Morgan fingerprint density at radius 1 is 1.67 bits per heavy atom. The third-order valence-corrected chi connectivity index (χ3v) is 4.35. The summed E-state index contributed by atoms with van der Waals surface area (Å²) in [6.45, 7) is 4.44. The van der Waals surface area contributed by atoms with Crippen molar-refractivity contribution in [1.82, 2.24) is 4.90 Å². The SMILES string of the molecule is C=C(Br)CCCN1C(=O)C[C@@H]2C=CCC[C@@]21C=O. The summed E-state index contributed by atoms with van der Waals surface area (Å²) >= 11 is 3.32. The molecule has 0 aromatic heterocycles. The van der Waals surface area contributed by atoms with Crippen molar-refractivity contribution in [2.24, 2.45) is 5.92 Å². The van der Waals surface area contributed by atoms with E-state index < -0.39 is 5.54 Å². The molecule has 4 heteroatoms. The Balaban J connectivity index is 2.12. The Labute approximate surface area is 116 Å². The lowest BCUT2D eigenvalue weighted by Gasteiger charge is -2.38. The third-order valence-electron chi connectivity index (χ3n) is 3.95. The molecule has 18 heavy (non-hydrogen) atoms. The number of rotatable bonds is 5. The number of carbonyl (C=O) groups excluding carboxylic acids is 2. The number of nitrogens with zero attached hydrogens (tertiary/aromatic N) is 1. The fourth-order valence-corrected chi connectivity index (χ4v) is 3.29. The lowest BCUT2D eigenvalue weighted by Crippen LogP contribution is -2.51. The number of hydrogen-bond donors (Lipinski definition) is 0. The first-order valence-corrected chi connectivity index (χ1v) is 7.16. The number of allylic oxidation sites excluding steroid dienone is 2. The monoisotopic (exact) mass is 311 g/mol. The van der Waals surface area contributed by atoms with Crippen molar-refractivity contribution in [3.05, 3.63) is 23.2 Å². The molecule has 0 N–H and O–H groups in total. The van der Waals surface area contributed by atoms with Crippen LogP contribution in [0.5, 0.6) is 0 Å². The highest BCUT2D eigenvalue weighted by Crippen LogP contribution is 2.41.